The van der Waals surface area contributed by atoms with Crippen molar-refractivity contribution < 1.29 is 4.79 Å². The summed E-state index contributed by atoms with van der Waals surface area (Å²) in [5.74, 6) is 0.228. The average molecular weight is 355 g/mol. The van der Waals surface area contributed by atoms with E-state index in [2.05, 4.69) is 20.4 Å². The van der Waals surface area contributed by atoms with E-state index in [1.54, 1.807) is 29.5 Å². The Morgan fingerprint density at radius 3 is 2.95 bits per heavy atom. The number of anilines is 2. The van der Waals surface area contributed by atoms with Crippen LogP contribution in [0.3, 0.4) is 0 Å². The first-order chi connectivity index (χ1) is 10.7. The highest BCUT2D eigenvalue weighted by Crippen LogP contribution is 2.29. The Balaban J connectivity index is 1.50. The molecule has 8 heteroatoms. The van der Waals surface area contributed by atoms with Gasteiger partial charge in [0.2, 0.25) is 11.0 Å². The number of hydrogen-bond acceptors (Lipinski definition) is 6. The Bertz CT molecular complexity index is 658. The van der Waals surface area contributed by atoms with Crippen molar-refractivity contribution in [3.05, 3.63) is 29.3 Å². The molecule has 1 aliphatic rings. The molecular weight excluding hydrogens is 340 g/mol. The van der Waals surface area contributed by atoms with E-state index in [9.17, 15) is 4.79 Å². The molecular formula is C14H15ClN4OS2. The van der Waals surface area contributed by atoms with Crippen LogP contribution in [0.2, 0.25) is 5.02 Å². The van der Waals surface area contributed by atoms with Crippen molar-refractivity contribution in [1.29, 1.82) is 0 Å². The smallest absolute Gasteiger partial charge is 0.234 e. The Labute approximate surface area is 142 Å². The van der Waals surface area contributed by atoms with Crippen LogP contribution < -0.4 is 10.2 Å². The number of carbonyl (C=O) groups is 1. The van der Waals surface area contributed by atoms with Crippen LogP contribution in [0.25, 0.3) is 0 Å². The van der Waals surface area contributed by atoms with E-state index in [1.165, 1.54) is 24.6 Å². The van der Waals surface area contributed by atoms with Crippen LogP contribution >= 0.6 is 34.7 Å². The van der Waals surface area contributed by atoms with Crippen LogP contribution in [0.1, 0.15) is 12.8 Å². The number of carbonyl (C=O) groups excluding carboxylic acids is 1. The molecule has 0 bridgehead atoms. The van der Waals surface area contributed by atoms with Gasteiger partial charge in [-0.15, -0.1) is 10.2 Å². The first kappa shape index (κ1) is 15.6. The topological polar surface area (TPSA) is 58.1 Å². The third-order valence-corrected chi connectivity index (χ3v) is 5.56. The molecule has 5 nitrogen and oxygen atoms in total. The lowest BCUT2D eigenvalue weighted by Crippen LogP contribution is -2.17. The van der Waals surface area contributed by atoms with Gasteiger partial charge in [-0.1, -0.05) is 40.8 Å². The molecule has 1 saturated heterocycles. The molecule has 1 aromatic heterocycles. The standard InChI is InChI=1S/C14H15ClN4OS2/c15-10-4-3-5-11(8-10)16-12(20)9-21-14-18-17-13(22-14)19-6-1-2-7-19/h3-5,8H,1-2,6-7,9H2,(H,16,20). The fourth-order valence-corrected chi connectivity index (χ4v) is 4.07. The lowest BCUT2D eigenvalue weighted by molar-refractivity contribution is -0.113. The lowest BCUT2D eigenvalue weighted by atomic mass is 10.3. The molecule has 2 heterocycles. The summed E-state index contributed by atoms with van der Waals surface area (Å²) in [4.78, 5) is 14.2. The predicted octanol–water partition coefficient (Wildman–Crippen LogP) is 3.52. The van der Waals surface area contributed by atoms with Gasteiger partial charge >= 0.3 is 0 Å². The van der Waals surface area contributed by atoms with Crippen molar-refractivity contribution in [3.8, 4) is 0 Å². The molecule has 22 heavy (non-hydrogen) atoms. The Morgan fingerprint density at radius 2 is 2.18 bits per heavy atom. The largest absolute Gasteiger partial charge is 0.347 e. The zero-order valence-electron chi connectivity index (χ0n) is 11.8. The second kappa shape index (κ2) is 7.30. The van der Waals surface area contributed by atoms with E-state index >= 15 is 0 Å². The normalized spacial score (nSPS) is 14.3. The van der Waals surface area contributed by atoms with Crippen LogP contribution in [0.4, 0.5) is 10.8 Å². The monoisotopic (exact) mass is 354 g/mol. The Kier molecular flexibility index (Phi) is 5.17. The highest BCUT2D eigenvalue weighted by atomic mass is 35.5. The van der Waals surface area contributed by atoms with Crippen LogP contribution in [-0.4, -0.2) is 34.9 Å². The molecule has 116 valence electrons. The van der Waals surface area contributed by atoms with Gasteiger partial charge in [0.25, 0.3) is 0 Å². The van der Waals surface area contributed by atoms with E-state index in [0.717, 1.165) is 22.6 Å². The molecule has 1 fully saturated rings. The third-order valence-electron chi connectivity index (χ3n) is 3.21. The molecule has 3 rings (SSSR count). The first-order valence-corrected chi connectivity index (χ1v) is 9.15. The minimum atomic E-state index is -0.0785. The number of aromatic nitrogens is 2. The van der Waals surface area contributed by atoms with Crippen LogP contribution in [0.5, 0.6) is 0 Å². The van der Waals surface area contributed by atoms with Crippen LogP contribution in [-0.2, 0) is 4.79 Å². The van der Waals surface area contributed by atoms with Crippen molar-refractivity contribution in [2.24, 2.45) is 0 Å². The number of hydrogen-bond donors (Lipinski definition) is 1. The third kappa shape index (κ3) is 4.12. The highest BCUT2D eigenvalue weighted by Gasteiger charge is 2.17. The molecule has 0 atom stereocenters. The van der Waals surface area contributed by atoms with Gasteiger partial charge in [-0.25, -0.2) is 0 Å². The molecule has 0 radical (unpaired) electrons. The van der Waals surface area contributed by atoms with Gasteiger partial charge < -0.3 is 10.2 Å². The molecule has 1 aliphatic heterocycles. The summed E-state index contributed by atoms with van der Waals surface area (Å²) in [6.07, 6.45) is 2.42. The lowest BCUT2D eigenvalue weighted by Gasteiger charge is -2.10. The quantitative estimate of drug-likeness (QED) is 0.832. The van der Waals surface area contributed by atoms with Gasteiger partial charge in [-0.05, 0) is 31.0 Å². The van der Waals surface area contributed by atoms with Gasteiger partial charge in [0, 0.05) is 23.8 Å². The van der Waals surface area contributed by atoms with Gasteiger partial charge in [0.1, 0.15) is 0 Å². The van der Waals surface area contributed by atoms with Crippen molar-refractivity contribution in [2.45, 2.75) is 17.2 Å². The molecule has 0 aliphatic carbocycles. The molecule has 1 amide bonds. The Hall–Kier alpha value is -1.31. The molecule has 0 spiro atoms. The molecule has 0 saturated carbocycles. The maximum atomic E-state index is 11.9. The van der Waals surface area contributed by atoms with Gasteiger partial charge in [-0.2, -0.15) is 0 Å². The summed E-state index contributed by atoms with van der Waals surface area (Å²) < 4.78 is 0.822. The van der Waals surface area contributed by atoms with Gasteiger partial charge in [0.15, 0.2) is 4.34 Å². The number of nitrogens with one attached hydrogen (secondary N) is 1. The van der Waals surface area contributed by atoms with E-state index in [4.69, 9.17) is 11.6 Å². The molecule has 0 unspecified atom stereocenters. The first-order valence-electron chi connectivity index (χ1n) is 6.97. The number of amides is 1. The fourth-order valence-electron chi connectivity index (χ4n) is 2.19. The summed E-state index contributed by atoms with van der Waals surface area (Å²) in [6.45, 7) is 2.10. The van der Waals surface area contributed by atoms with Crippen molar-refractivity contribution in [2.75, 3.05) is 29.1 Å². The predicted molar refractivity (Wildman–Crippen MR) is 92.2 cm³/mol. The van der Waals surface area contributed by atoms with Crippen molar-refractivity contribution in [3.63, 3.8) is 0 Å². The summed E-state index contributed by atoms with van der Waals surface area (Å²) >= 11 is 8.84. The van der Waals surface area contributed by atoms with Crippen LogP contribution in [0.15, 0.2) is 28.6 Å². The average Bonchev–Trinajstić information content (AvgIpc) is 3.16. The molecule has 1 aromatic carbocycles. The maximum absolute atomic E-state index is 11.9. The van der Waals surface area contributed by atoms with Crippen molar-refractivity contribution in [1.82, 2.24) is 10.2 Å². The van der Waals surface area contributed by atoms with Crippen molar-refractivity contribution >= 4 is 51.4 Å². The van der Waals surface area contributed by atoms with E-state index in [1.807, 2.05) is 6.07 Å². The second-order valence-electron chi connectivity index (χ2n) is 4.89. The van der Waals surface area contributed by atoms with Gasteiger partial charge in [0.05, 0.1) is 5.75 Å². The number of benzene rings is 1. The van der Waals surface area contributed by atoms with E-state index in [-0.39, 0.29) is 5.91 Å². The second-order valence-corrected chi connectivity index (χ2v) is 7.51. The summed E-state index contributed by atoms with van der Waals surface area (Å²) in [7, 11) is 0. The molecule has 1 N–H and O–H groups in total. The maximum Gasteiger partial charge on any atom is 0.234 e. The van der Waals surface area contributed by atoms with Crippen LogP contribution in [0, 0.1) is 0 Å². The minimum absolute atomic E-state index is 0.0785. The number of rotatable bonds is 5. The SMILES string of the molecule is O=C(CSc1nnc(N2CCCC2)s1)Nc1cccc(Cl)c1. The highest BCUT2D eigenvalue weighted by molar-refractivity contribution is 8.01. The number of nitrogens with zero attached hydrogens (tertiary/aromatic N) is 3. The van der Waals surface area contributed by atoms with Gasteiger partial charge in [-0.3, -0.25) is 4.79 Å². The number of thioether (sulfide) groups is 1. The molecule has 2 aromatic rings. The fraction of sp³-hybridized carbons (Fsp3) is 0.357. The van der Waals surface area contributed by atoms with E-state index < -0.39 is 0 Å². The van der Waals surface area contributed by atoms with E-state index in [0.29, 0.717) is 16.5 Å². The zero-order valence-corrected chi connectivity index (χ0v) is 14.2. The summed E-state index contributed by atoms with van der Waals surface area (Å²) in [5.41, 5.74) is 0.702. The zero-order chi connectivity index (χ0) is 15.4. The minimum Gasteiger partial charge on any atom is -0.347 e. The number of halogens is 1. The Morgan fingerprint density at radius 1 is 1.36 bits per heavy atom. The summed E-state index contributed by atoms with van der Waals surface area (Å²) in [5, 5.41) is 12.7. The summed E-state index contributed by atoms with van der Waals surface area (Å²) in [6, 6.07) is 7.11.